The van der Waals surface area contributed by atoms with Crippen LogP contribution in [-0.4, -0.2) is 22.7 Å². The van der Waals surface area contributed by atoms with Gasteiger partial charge in [0.15, 0.2) is 0 Å². The van der Waals surface area contributed by atoms with Crippen LogP contribution >= 0.6 is 0 Å². The van der Waals surface area contributed by atoms with Crippen molar-refractivity contribution in [1.82, 2.24) is 10.2 Å². The molecule has 1 aromatic rings. The molecule has 24 heavy (non-hydrogen) atoms. The molecule has 5 nitrogen and oxygen atoms in total. The van der Waals surface area contributed by atoms with Crippen LogP contribution in [0.3, 0.4) is 0 Å². The largest absolute Gasteiger partial charge is 0.421 e. The minimum Gasteiger partial charge on any atom is -0.421 e. The number of aliphatic imine (C=N–C) groups is 1. The smallest absolute Gasteiger partial charge is 0.245 e. The van der Waals surface area contributed by atoms with E-state index in [0.717, 1.165) is 17.4 Å². The van der Waals surface area contributed by atoms with Crippen molar-refractivity contribution in [2.75, 3.05) is 0 Å². The van der Waals surface area contributed by atoms with E-state index in [9.17, 15) is 4.79 Å². The maximum absolute atomic E-state index is 10.8. The van der Waals surface area contributed by atoms with Gasteiger partial charge in [-0.2, -0.15) is 0 Å². The van der Waals surface area contributed by atoms with Crippen molar-refractivity contribution in [1.29, 1.82) is 0 Å². The van der Waals surface area contributed by atoms with Crippen LogP contribution in [0.25, 0.3) is 5.57 Å². The summed E-state index contributed by atoms with van der Waals surface area (Å²) < 4.78 is 5.49. The third-order valence-electron chi connectivity index (χ3n) is 2.94. The molecule has 0 saturated carbocycles. The van der Waals surface area contributed by atoms with Gasteiger partial charge in [0.2, 0.25) is 11.8 Å². The maximum Gasteiger partial charge on any atom is 0.245 e. The Morgan fingerprint density at radius 3 is 2.54 bits per heavy atom. The Balaban J connectivity index is 3.53. The lowest BCUT2D eigenvalue weighted by Gasteiger charge is -2.06. The van der Waals surface area contributed by atoms with Gasteiger partial charge in [0.25, 0.3) is 0 Å². The molecule has 124 valence electrons. The van der Waals surface area contributed by atoms with Gasteiger partial charge < -0.3 is 4.42 Å². The van der Waals surface area contributed by atoms with Crippen LogP contribution in [0.4, 0.5) is 0 Å². The number of aromatic nitrogens is 2. The van der Waals surface area contributed by atoms with E-state index in [1.165, 1.54) is 6.21 Å². The van der Waals surface area contributed by atoms with Gasteiger partial charge in [0, 0.05) is 18.1 Å². The van der Waals surface area contributed by atoms with E-state index in [1.54, 1.807) is 26.8 Å². The zero-order valence-corrected chi connectivity index (χ0v) is 14.6. The SMILES string of the molecule is CC#CC=NC(/C(/C=C\C)=C/C=C(\C)C=O)=C(\C)c1nnc(C)o1. The van der Waals surface area contributed by atoms with Crippen molar-refractivity contribution < 1.29 is 9.21 Å². The summed E-state index contributed by atoms with van der Waals surface area (Å²) in [5, 5.41) is 7.89. The molecule has 0 aliphatic heterocycles. The van der Waals surface area contributed by atoms with E-state index in [-0.39, 0.29) is 0 Å². The van der Waals surface area contributed by atoms with Crippen molar-refractivity contribution in [3.63, 3.8) is 0 Å². The normalized spacial score (nSPS) is 13.9. The number of aryl methyl sites for hydroxylation is 1. The first kappa shape index (κ1) is 19.0. The summed E-state index contributed by atoms with van der Waals surface area (Å²) in [6.07, 6.45) is 9.66. The first-order valence-corrected chi connectivity index (χ1v) is 7.46. The molecule has 0 aromatic carbocycles. The van der Waals surface area contributed by atoms with Gasteiger partial charge in [0.05, 0.1) is 11.9 Å². The van der Waals surface area contributed by atoms with Gasteiger partial charge in [0.1, 0.15) is 6.29 Å². The Hall–Kier alpha value is -3.00. The first-order chi connectivity index (χ1) is 11.5. The first-order valence-electron chi connectivity index (χ1n) is 7.46. The number of carbonyl (C=O) groups is 1. The van der Waals surface area contributed by atoms with E-state index < -0.39 is 0 Å². The van der Waals surface area contributed by atoms with E-state index in [1.807, 2.05) is 32.1 Å². The van der Waals surface area contributed by atoms with Gasteiger partial charge in [-0.15, -0.1) is 16.1 Å². The molecule has 0 amide bonds. The molecule has 0 spiro atoms. The monoisotopic (exact) mass is 323 g/mol. The summed E-state index contributed by atoms with van der Waals surface area (Å²) in [6.45, 7) is 8.97. The third-order valence-corrected chi connectivity index (χ3v) is 2.94. The average Bonchev–Trinajstić information content (AvgIpc) is 3.01. The maximum atomic E-state index is 10.8. The topological polar surface area (TPSA) is 68.3 Å². The highest BCUT2D eigenvalue weighted by Gasteiger charge is 2.12. The minimum atomic E-state index is 0.399. The van der Waals surface area contributed by atoms with Crippen LogP contribution in [0.1, 0.15) is 39.5 Å². The molecule has 0 bridgehead atoms. The molecule has 5 heteroatoms. The van der Waals surface area contributed by atoms with Gasteiger partial charge in [-0.25, -0.2) is 4.99 Å². The number of nitrogens with zero attached hydrogens (tertiary/aromatic N) is 3. The second-order valence-corrected chi connectivity index (χ2v) is 4.90. The summed E-state index contributed by atoms with van der Waals surface area (Å²) in [6, 6.07) is 0. The zero-order valence-electron chi connectivity index (χ0n) is 14.6. The average molecular weight is 323 g/mol. The fourth-order valence-corrected chi connectivity index (χ4v) is 1.75. The number of allylic oxidation sites excluding steroid dienone is 6. The summed E-state index contributed by atoms with van der Waals surface area (Å²) in [5.74, 6) is 6.44. The summed E-state index contributed by atoms with van der Waals surface area (Å²) in [4.78, 5) is 15.2. The van der Waals surface area contributed by atoms with Gasteiger partial charge in [-0.1, -0.05) is 30.2 Å². The molecule has 0 fully saturated rings. The lowest BCUT2D eigenvalue weighted by Crippen LogP contribution is -1.92. The van der Waals surface area contributed by atoms with Crippen molar-refractivity contribution in [2.24, 2.45) is 4.99 Å². The van der Waals surface area contributed by atoms with E-state index in [2.05, 4.69) is 27.0 Å². The molecule has 0 atom stereocenters. The lowest BCUT2D eigenvalue weighted by molar-refractivity contribution is -0.104. The quantitative estimate of drug-likeness (QED) is 0.262. The van der Waals surface area contributed by atoms with Crippen LogP contribution < -0.4 is 0 Å². The molecule has 0 saturated heterocycles. The highest BCUT2D eigenvalue weighted by Crippen LogP contribution is 2.25. The van der Waals surface area contributed by atoms with Gasteiger partial charge in [-0.05, 0) is 33.3 Å². The molecule has 1 rings (SSSR count). The van der Waals surface area contributed by atoms with Crippen LogP contribution in [0.15, 0.2) is 50.6 Å². The highest BCUT2D eigenvalue weighted by atomic mass is 16.4. The molecular formula is C19H21N3O2. The van der Waals surface area contributed by atoms with Crippen molar-refractivity contribution in [2.45, 2.75) is 34.6 Å². The Bertz CT molecular complexity index is 794. The standard InChI is InChI=1S/C19H21N3O2/c1-6-8-12-20-18(15(4)19-22-21-16(5)24-19)17(9-7-2)11-10-14(3)13-23/h7,9-13H,1-5H3/b9-7-,14-10+,17-11+,18-15+,20-12?. The van der Waals surface area contributed by atoms with E-state index in [0.29, 0.717) is 23.1 Å². The van der Waals surface area contributed by atoms with Gasteiger partial charge in [-0.3, -0.25) is 4.79 Å². The summed E-state index contributed by atoms with van der Waals surface area (Å²) in [5.41, 5.74) is 2.79. The Morgan fingerprint density at radius 2 is 2.00 bits per heavy atom. The number of hydrogen-bond acceptors (Lipinski definition) is 5. The Kier molecular flexibility index (Phi) is 7.86. The molecule has 1 heterocycles. The van der Waals surface area contributed by atoms with Gasteiger partial charge >= 0.3 is 0 Å². The Morgan fingerprint density at radius 1 is 1.25 bits per heavy atom. The Labute approximate surface area is 142 Å². The third kappa shape index (κ3) is 5.65. The second-order valence-electron chi connectivity index (χ2n) is 4.90. The molecule has 0 unspecified atom stereocenters. The molecule has 0 aliphatic carbocycles. The predicted molar refractivity (Wildman–Crippen MR) is 96.3 cm³/mol. The lowest BCUT2D eigenvalue weighted by atomic mass is 10.1. The number of rotatable bonds is 6. The predicted octanol–water partition coefficient (Wildman–Crippen LogP) is 3.85. The fraction of sp³-hybridized carbons (Fsp3) is 0.263. The second kappa shape index (κ2) is 9.90. The molecular weight excluding hydrogens is 302 g/mol. The van der Waals surface area contributed by atoms with Crippen molar-refractivity contribution >= 4 is 18.1 Å². The number of hydrogen-bond donors (Lipinski definition) is 0. The number of carbonyl (C=O) groups excluding carboxylic acids is 1. The van der Waals surface area contributed by atoms with E-state index >= 15 is 0 Å². The fourth-order valence-electron chi connectivity index (χ4n) is 1.75. The van der Waals surface area contributed by atoms with Crippen LogP contribution in [-0.2, 0) is 4.79 Å². The minimum absolute atomic E-state index is 0.399. The van der Waals surface area contributed by atoms with Crippen molar-refractivity contribution in [3.05, 3.63) is 52.9 Å². The molecule has 0 N–H and O–H groups in total. The highest BCUT2D eigenvalue weighted by molar-refractivity contribution is 5.82. The molecule has 0 radical (unpaired) electrons. The van der Waals surface area contributed by atoms with Crippen LogP contribution in [0.2, 0.25) is 0 Å². The molecule has 0 aliphatic rings. The van der Waals surface area contributed by atoms with Crippen LogP contribution in [0.5, 0.6) is 0 Å². The number of aldehydes is 1. The van der Waals surface area contributed by atoms with Crippen molar-refractivity contribution in [3.8, 4) is 11.8 Å². The van der Waals surface area contributed by atoms with E-state index in [4.69, 9.17) is 4.42 Å². The summed E-state index contributed by atoms with van der Waals surface area (Å²) >= 11 is 0. The molecule has 1 aromatic heterocycles. The van der Waals surface area contributed by atoms with Crippen LogP contribution in [0, 0.1) is 18.8 Å². The zero-order chi connectivity index (χ0) is 17.9. The summed E-state index contributed by atoms with van der Waals surface area (Å²) in [7, 11) is 0.